The highest BCUT2D eigenvalue weighted by Crippen LogP contribution is 2.20. The van der Waals surface area contributed by atoms with Crippen molar-refractivity contribution in [2.24, 2.45) is 0 Å². The van der Waals surface area contributed by atoms with E-state index in [1.807, 2.05) is 12.1 Å². The van der Waals surface area contributed by atoms with Crippen LogP contribution < -0.4 is 5.32 Å². The lowest BCUT2D eigenvalue weighted by molar-refractivity contribution is 0.0367. The van der Waals surface area contributed by atoms with E-state index in [0.717, 1.165) is 68.1 Å². The number of benzene rings is 1. The Balaban J connectivity index is 1.57. The average molecular weight is 438 g/mol. The van der Waals surface area contributed by atoms with Gasteiger partial charge in [-0.2, -0.15) is 0 Å². The highest BCUT2D eigenvalue weighted by Gasteiger charge is 2.18. The van der Waals surface area contributed by atoms with Gasteiger partial charge in [0, 0.05) is 43.8 Å². The van der Waals surface area contributed by atoms with E-state index in [2.05, 4.69) is 27.2 Å². The van der Waals surface area contributed by atoms with Crippen molar-refractivity contribution in [2.45, 2.75) is 64.0 Å². The Kier molecular flexibility index (Phi) is 10.0. The van der Waals surface area contributed by atoms with E-state index in [0.29, 0.717) is 6.04 Å². The largest absolute Gasteiger partial charge is 0.379 e. The van der Waals surface area contributed by atoms with Gasteiger partial charge in [-0.25, -0.2) is 0 Å². The summed E-state index contributed by atoms with van der Waals surface area (Å²) in [5.41, 5.74) is 1.14. The molecule has 4 nitrogen and oxygen atoms in total. The highest BCUT2D eigenvalue weighted by atomic mass is 35.5. The van der Waals surface area contributed by atoms with Gasteiger partial charge < -0.3 is 15.0 Å². The van der Waals surface area contributed by atoms with Crippen LogP contribution in [0, 0.1) is 0 Å². The normalized spacial score (nSPS) is 19.3. The van der Waals surface area contributed by atoms with E-state index in [1.54, 1.807) is 0 Å². The molecule has 1 heterocycles. The standard InChI is InChI=1S/C23H36ClN3OS/c24-22-12-7-6-9-20(22)19-27(14-8-13-26-15-17-28-18-16-26)23(29)25-21-10-4-2-1-3-5-11-21/h6-7,9,12,21H,1-5,8,10-11,13-19H2,(H,25,29). The Labute approximate surface area is 186 Å². The number of thiocarbonyl (C=S) groups is 1. The summed E-state index contributed by atoms with van der Waals surface area (Å²) in [6.07, 6.45) is 10.3. The van der Waals surface area contributed by atoms with E-state index in [4.69, 9.17) is 28.6 Å². The van der Waals surface area contributed by atoms with Crippen LogP contribution >= 0.6 is 23.8 Å². The fraction of sp³-hybridized carbons (Fsp3) is 0.696. The highest BCUT2D eigenvalue weighted by molar-refractivity contribution is 7.80. The van der Waals surface area contributed by atoms with E-state index in [-0.39, 0.29) is 0 Å². The number of rotatable bonds is 7. The smallest absolute Gasteiger partial charge is 0.169 e. The monoisotopic (exact) mass is 437 g/mol. The number of hydrogen-bond acceptors (Lipinski definition) is 3. The maximum absolute atomic E-state index is 6.45. The number of halogens is 1. The maximum Gasteiger partial charge on any atom is 0.169 e. The predicted octanol–water partition coefficient (Wildman–Crippen LogP) is 4.85. The molecule has 1 saturated carbocycles. The summed E-state index contributed by atoms with van der Waals surface area (Å²) in [5.74, 6) is 0. The lowest BCUT2D eigenvalue weighted by Gasteiger charge is -2.32. The molecule has 2 aliphatic rings. The summed E-state index contributed by atoms with van der Waals surface area (Å²) < 4.78 is 5.46. The molecular formula is C23H36ClN3OS. The Morgan fingerprint density at radius 1 is 1.10 bits per heavy atom. The summed E-state index contributed by atoms with van der Waals surface area (Å²) in [6, 6.07) is 8.62. The van der Waals surface area contributed by atoms with Crippen molar-refractivity contribution in [2.75, 3.05) is 39.4 Å². The Bertz CT molecular complexity index is 616. The number of morpholine rings is 1. The van der Waals surface area contributed by atoms with Gasteiger partial charge in [0.1, 0.15) is 0 Å². The Morgan fingerprint density at radius 3 is 2.52 bits per heavy atom. The molecule has 0 radical (unpaired) electrons. The molecule has 0 amide bonds. The third-order valence-electron chi connectivity index (χ3n) is 6.05. The molecule has 2 fully saturated rings. The first-order chi connectivity index (χ1) is 14.2. The van der Waals surface area contributed by atoms with Gasteiger partial charge in [0.05, 0.1) is 13.2 Å². The van der Waals surface area contributed by atoms with E-state index < -0.39 is 0 Å². The van der Waals surface area contributed by atoms with Crippen LogP contribution in [0.1, 0.15) is 56.9 Å². The minimum atomic E-state index is 0.510. The molecule has 1 aliphatic carbocycles. The van der Waals surface area contributed by atoms with Gasteiger partial charge in [0.25, 0.3) is 0 Å². The zero-order chi connectivity index (χ0) is 20.3. The Hall–Kier alpha value is -0.880. The first kappa shape index (κ1) is 22.8. The van der Waals surface area contributed by atoms with Crippen molar-refractivity contribution in [3.05, 3.63) is 34.9 Å². The fourth-order valence-electron chi connectivity index (χ4n) is 4.26. The molecule has 6 heteroatoms. The lowest BCUT2D eigenvalue weighted by atomic mass is 9.97. The predicted molar refractivity (Wildman–Crippen MR) is 126 cm³/mol. The molecule has 1 aromatic carbocycles. The minimum Gasteiger partial charge on any atom is -0.379 e. The molecule has 162 valence electrons. The molecule has 0 aromatic heterocycles. The second kappa shape index (κ2) is 12.7. The average Bonchev–Trinajstić information content (AvgIpc) is 2.71. The summed E-state index contributed by atoms with van der Waals surface area (Å²) >= 11 is 12.3. The Morgan fingerprint density at radius 2 is 1.79 bits per heavy atom. The summed E-state index contributed by atoms with van der Waals surface area (Å²) in [5, 5.41) is 5.40. The van der Waals surface area contributed by atoms with Crippen molar-refractivity contribution in [1.29, 1.82) is 0 Å². The number of ether oxygens (including phenoxy) is 1. The molecule has 1 N–H and O–H groups in total. The third kappa shape index (κ3) is 8.05. The minimum absolute atomic E-state index is 0.510. The zero-order valence-electron chi connectivity index (χ0n) is 17.6. The van der Waals surface area contributed by atoms with Gasteiger partial charge in [-0.05, 0) is 43.1 Å². The van der Waals surface area contributed by atoms with Crippen molar-refractivity contribution in [3.63, 3.8) is 0 Å². The van der Waals surface area contributed by atoms with Crippen LogP contribution in [0.3, 0.4) is 0 Å². The molecular weight excluding hydrogens is 402 g/mol. The molecule has 0 atom stereocenters. The first-order valence-corrected chi connectivity index (χ1v) is 12.1. The van der Waals surface area contributed by atoms with Crippen LogP contribution in [0.25, 0.3) is 0 Å². The van der Waals surface area contributed by atoms with Crippen LogP contribution in [0.5, 0.6) is 0 Å². The molecule has 0 unspecified atom stereocenters. The number of hydrogen-bond donors (Lipinski definition) is 1. The summed E-state index contributed by atoms with van der Waals surface area (Å²) in [6.45, 7) is 6.58. The molecule has 1 aliphatic heterocycles. The van der Waals surface area contributed by atoms with Gasteiger partial charge in [-0.3, -0.25) is 4.90 Å². The molecule has 29 heavy (non-hydrogen) atoms. The molecule has 3 rings (SSSR count). The van der Waals surface area contributed by atoms with Crippen LogP contribution in [0.4, 0.5) is 0 Å². The molecule has 0 bridgehead atoms. The van der Waals surface area contributed by atoms with Gasteiger partial charge in [-0.1, -0.05) is 61.9 Å². The van der Waals surface area contributed by atoms with Crippen molar-refractivity contribution < 1.29 is 4.74 Å². The van der Waals surface area contributed by atoms with Crippen molar-refractivity contribution in [1.82, 2.24) is 15.1 Å². The fourth-order valence-corrected chi connectivity index (χ4v) is 4.78. The first-order valence-electron chi connectivity index (χ1n) is 11.3. The topological polar surface area (TPSA) is 27.7 Å². The second-order valence-corrected chi connectivity index (χ2v) is 9.11. The lowest BCUT2D eigenvalue weighted by Crippen LogP contribution is -2.45. The van der Waals surface area contributed by atoms with Gasteiger partial charge in [0.2, 0.25) is 0 Å². The van der Waals surface area contributed by atoms with Crippen molar-refractivity contribution >= 4 is 28.9 Å². The van der Waals surface area contributed by atoms with Gasteiger partial charge >= 0.3 is 0 Å². The van der Waals surface area contributed by atoms with Crippen LogP contribution in [0.2, 0.25) is 5.02 Å². The molecule has 1 aromatic rings. The van der Waals surface area contributed by atoms with Crippen LogP contribution in [-0.4, -0.2) is 60.3 Å². The third-order valence-corrected chi connectivity index (χ3v) is 6.79. The van der Waals surface area contributed by atoms with Crippen LogP contribution in [0.15, 0.2) is 24.3 Å². The summed E-state index contributed by atoms with van der Waals surface area (Å²) in [7, 11) is 0. The van der Waals surface area contributed by atoms with Gasteiger partial charge in [0.15, 0.2) is 5.11 Å². The van der Waals surface area contributed by atoms with Crippen LogP contribution in [-0.2, 0) is 11.3 Å². The molecule has 1 saturated heterocycles. The quantitative estimate of drug-likeness (QED) is 0.615. The molecule has 0 spiro atoms. The SMILES string of the molecule is S=C(NC1CCCCCCC1)N(CCCN1CCOCC1)Cc1ccccc1Cl. The maximum atomic E-state index is 6.45. The van der Waals surface area contributed by atoms with E-state index in [1.165, 1.54) is 44.9 Å². The zero-order valence-corrected chi connectivity index (χ0v) is 19.2. The van der Waals surface area contributed by atoms with E-state index in [9.17, 15) is 0 Å². The number of nitrogens with one attached hydrogen (secondary N) is 1. The second-order valence-electron chi connectivity index (χ2n) is 8.31. The summed E-state index contributed by atoms with van der Waals surface area (Å²) in [4.78, 5) is 4.80. The van der Waals surface area contributed by atoms with Crippen molar-refractivity contribution in [3.8, 4) is 0 Å². The van der Waals surface area contributed by atoms with Gasteiger partial charge in [-0.15, -0.1) is 0 Å². The van der Waals surface area contributed by atoms with E-state index >= 15 is 0 Å². The number of nitrogens with zero attached hydrogens (tertiary/aromatic N) is 2.